The first-order chi connectivity index (χ1) is 2.83. The van der Waals surface area contributed by atoms with Gasteiger partial charge in [0.1, 0.15) is 0 Å². The smallest absolute Gasteiger partial charge is 0.335 e. The van der Waals surface area contributed by atoms with E-state index in [2.05, 4.69) is 0 Å². The molecule has 0 heterocycles. The van der Waals surface area contributed by atoms with Crippen LogP contribution in [-0.2, 0) is 16.5 Å². The van der Waals surface area contributed by atoms with E-state index in [-0.39, 0.29) is 16.5 Å². The van der Waals surface area contributed by atoms with Gasteiger partial charge in [0.15, 0.2) is 0 Å². The fraction of sp³-hybridized carbons (Fsp3) is 0.667. The molecule has 0 amide bonds. The van der Waals surface area contributed by atoms with Crippen LogP contribution in [0.1, 0.15) is 27.7 Å². The Bertz CT molecular complexity index is 6.14. The third-order valence-corrected chi connectivity index (χ3v) is 0. The monoisotopic (exact) mass is 144 g/mol. The van der Waals surface area contributed by atoms with Crippen molar-refractivity contribution in [1.29, 1.82) is 0 Å². The fourth-order valence-corrected chi connectivity index (χ4v) is 0. The van der Waals surface area contributed by atoms with E-state index in [1.165, 1.54) is 0 Å². The van der Waals surface area contributed by atoms with Crippen molar-refractivity contribution >= 4 is 0 Å². The van der Waals surface area contributed by atoms with Crippen LogP contribution in [0, 0.1) is 12.8 Å². The van der Waals surface area contributed by atoms with Crippen molar-refractivity contribution in [3.05, 3.63) is 12.8 Å². The largest absolute Gasteiger partial charge is 2.00 e. The van der Waals surface area contributed by atoms with Gasteiger partial charge in [-0.05, 0) is 0 Å². The molecule has 0 fully saturated rings. The molecular formula is C6H14Ni. The Kier molecular flexibility index (Phi) is 70.5. The molecule has 0 aromatic rings. The van der Waals surface area contributed by atoms with Crippen LogP contribution in [0.5, 0.6) is 0 Å². The molecule has 0 rings (SSSR count). The van der Waals surface area contributed by atoms with Crippen LogP contribution in [0.15, 0.2) is 0 Å². The van der Waals surface area contributed by atoms with E-state index in [4.69, 9.17) is 0 Å². The second-order valence-electron chi connectivity index (χ2n) is 1.15. The minimum atomic E-state index is 0. The molecule has 0 aliphatic rings. The number of hydrogen-bond donors (Lipinski definition) is 0. The van der Waals surface area contributed by atoms with Crippen LogP contribution in [0.25, 0.3) is 0 Å². The van der Waals surface area contributed by atoms with Gasteiger partial charge in [0.25, 0.3) is 0 Å². The van der Waals surface area contributed by atoms with Gasteiger partial charge in [-0.2, -0.15) is 27.7 Å². The maximum atomic E-state index is 2.00. The average molecular weight is 145 g/mol. The molecule has 0 aromatic heterocycles. The summed E-state index contributed by atoms with van der Waals surface area (Å²) in [7, 11) is 0. The molecule has 0 N–H and O–H groups in total. The molecule has 0 aliphatic heterocycles. The molecule has 0 nitrogen and oxygen atoms in total. The molecule has 0 saturated carbocycles. The molecule has 0 unspecified atom stereocenters. The first-order valence-corrected chi connectivity index (χ1v) is 2.31. The predicted octanol–water partition coefficient (Wildman–Crippen LogP) is 2.46. The molecule has 1 heteroatoms. The third-order valence-electron chi connectivity index (χ3n) is 0. The summed E-state index contributed by atoms with van der Waals surface area (Å²) < 4.78 is 0. The average Bonchev–Trinajstić information content (AvgIpc) is 1.39. The van der Waals surface area contributed by atoms with Gasteiger partial charge in [-0.1, -0.05) is 0 Å². The summed E-state index contributed by atoms with van der Waals surface area (Å²) in [6, 6.07) is 0. The van der Waals surface area contributed by atoms with E-state index in [1.807, 2.05) is 40.5 Å². The molecule has 0 aliphatic carbocycles. The van der Waals surface area contributed by atoms with Crippen molar-refractivity contribution in [2.75, 3.05) is 0 Å². The normalized spacial score (nSPS) is 5.14. The number of rotatable bonds is 0. The van der Waals surface area contributed by atoms with Crippen LogP contribution in [0.4, 0.5) is 0 Å². The maximum absolute atomic E-state index is 2.00. The Hall–Kier alpha value is 0.494. The van der Waals surface area contributed by atoms with Crippen LogP contribution >= 0.6 is 0 Å². The van der Waals surface area contributed by atoms with E-state index >= 15 is 0 Å². The Labute approximate surface area is 57.6 Å². The standard InChI is InChI=1S/2C3H7.Ni/c2*1-3-2;/h2*3H,1-2H3;/q2*-1;+2. The van der Waals surface area contributed by atoms with Gasteiger partial charge in [-0.25, -0.2) is 0 Å². The first-order valence-electron chi connectivity index (χ1n) is 2.31. The first kappa shape index (κ1) is 15.6. The third kappa shape index (κ3) is 538. The molecule has 7 heavy (non-hydrogen) atoms. The zero-order chi connectivity index (χ0) is 5.41. The van der Waals surface area contributed by atoms with E-state index < -0.39 is 0 Å². The second-order valence-corrected chi connectivity index (χ2v) is 1.15. The van der Waals surface area contributed by atoms with Crippen molar-refractivity contribution in [2.45, 2.75) is 27.7 Å². The van der Waals surface area contributed by atoms with Gasteiger partial charge < -0.3 is 12.8 Å². The van der Waals surface area contributed by atoms with Gasteiger partial charge in [-0.15, -0.1) is 0 Å². The summed E-state index contributed by atoms with van der Waals surface area (Å²) in [4.78, 5) is 0. The van der Waals surface area contributed by atoms with Crippen LogP contribution in [-0.4, -0.2) is 0 Å². The fourth-order valence-electron chi connectivity index (χ4n) is 0. The minimum absolute atomic E-state index is 0. The summed E-state index contributed by atoms with van der Waals surface area (Å²) in [5, 5.41) is 0. The van der Waals surface area contributed by atoms with Crippen LogP contribution in [0.2, 0.25) is 0 Å². The Morgan fingerprint density at radius 1 is 0.714 bits per heavy atom. The van der Waals surface area contributed by atoms with E-state index in [0.29, 0.717) is 0 Å². The summed E-state index contributed by atoms with van der Waals surface area (Å²) in [5.74, 6) is 0. The quantitative estimate of drug-likeness (QED) is 0.362. The van der Waals surface area contributed by atoms with Gasteiger partial charge in [0, 0.05) is 0 Å². The summed E-state index contributed by atoms with van der Waals surface area (Å²) in [5.41, 5.74) is 0. The zero-order valence-electron chi connectivity index (χ0n) is 5.47. The molecule has 0 saturated heterocycles. The molecule has 0 aromatic carbocycles. The van der Waals surface area contributed by atoms with Gasteiger partial charge >= 0.3 is 16.5 Å². The second kappa shape index (κ2) is 31.5. The van der Waals surface area contributed by atoms with Crippen LogP contribution in [0.3, 0.4) is 0 Å². The molecule has 0 radical (unpaired) electrons. The Balaban J connectivity index is -0.0000000400. The minimum Gasteiger partial charge on any atom is -0.335 e. The Morgan fingerprint density at radius 3 is 0.714 bits per heavy atom. The van der Waals surface area contributed by atoms with Gasteiger partial charge in [0.05, 0.1) is 0 Å². The summed E-state index contributed by atoms with van der Waals surface area (Å²) >= 11 is 0. The van der Waals surface area contributed by atoms with E-state index in [0.717, 1.165) is 0 Å². The van der Waals surface area contributed by atoms with E-state index in [1.54, 1.807) is 0 Å². The van der Waals surface area contributed by atoms with Gasteiger partial charge in [0.2, 0.25) is 0 Å². The SMILES string of the molecule is C[CH-]C.C[CH-]C.[Ni+2]. The maximum Gasteiger partial charge on any atom is 2.00 e. The van der Waals surface area contributed by atoms with Crippen molar-refractivity contribution in [1.82, 2.24) is 0 Å². The zero-order valence-corrected chi connectivity index (χ0v) is 6.46. The van der Waals surface area contributed by atoms with Crippen molar-refractivity contribution in [2.24, 2.45) is 0 Å². The van der Waals surface area contributed by atoms with Crippen molar-refractivity contribution in [3.63, 3.8) is 0 Å². The van der Waals surface area contributed by atoms with Crippen molar-refractivity contribution in [3.8, 4) is 0 Å². The summed E-state index contributed by atoms with van der Waals surface area (Å²) in [6.07, 6.45) is 4.00. The Morgan fingerprint density at radius 2 is 0.714 bits per heavy atom. The molecular weight excluding hydrogens is 131 g/mol. The van der Waals surface area contributed by atoms with Crippen LogP contribution < -0.4 is 0 Å². The summed E-state index contributed by atoms with van der Waals surface area (Å²) in [6.45, 7) is 8.00. The molecule has 48 valence electrons. The number of hydrogen-bond acceptors (Lipinski definition) is 0. The molecule has 0 bridgehead atoms. The topological polar surface area (TPSA) is 0 Å². The van der Waals surface area contributed by atoms with Gasteiger partial charge in [-0.3, -0.25) is 0 Å². The van der Waals surface area contributed by atoms with Crippen molar-refractivity contribution < 1.29 is 16.5 Å². The molecule has 0 spiro atoms. The molecule has 0 atom stereocenters. The predicted molar refractivity (Wildman–Crippen MR) is 31.3 cm³/mol. The van der Waals surface area contributed by atoms with E-state index in [9.17, 15) is 0 Å².